The maximum atomic E-state index is 7.65. The highest BCUT2D eigenvalue weighted by atomic mass is 14.9. The van der Waals surface area contributed by atoms with E-state index in [2.05, 4.69) is 58.5 Å². The van der Waals surface area contributed by atoms with Gasteiger partial charge in [0.2, 0.25) is 0 Å². The van der Waals surface area contributed by atoms with Crippen molar-refractivity contribution in [2.45, 2.75) is 18.3 Å². The Hall–Kier alpha value is -5.24. The summed E-state index contributed by atoms with van der Waals surface area (Å²) in [6.45, 7) is 0. The number of benzene rings is 4. The van der Waals surface area contributed by atoms with Gasteiger partial charge in [0, 0.05) is 22.3 Å². The second kappa shape index (κ2) is 8.66. The molecule has 39 heavy (non-hydrogen) atoms. The molecule has 0 bridgehead atoms. The number of fused-ring (bicyclic) bond motifs is 2. The number of H-pyrrole nitrogens is 2. The SMILES string of the molecule is N=C(N)c1ccc2nc(-c3ccc(C4CC4c4ccc(-c5nc6ccc(C(=N)N)cc6[nH]5)cc4)cc3)[nH]c2c1. The Labute approximate surface area is 224 Å². The monoisotopic (exact) mass is 510 g/mol. The van der Waals surface area contributed by atoms with Crippen molar-refractivity contribution in [1.29, 1.82) is 10.8 Å². The topological polar surface area (TPSA) is 157 Å². The second-order valence-corrected chi connectivity index (χ2v) is 10.2. The largest absolute Gasteiger partial charge is 0.384 e. The summed E-state index contributed by atoms with van der Waals surface area (Å²) in [4.78, 5) is 16.1. The van der Waals surface area contributed by atoms with E-state index in [0.717, 1.165) is 51.3 Å². The molecule has 1 aliphatic carbocycles. The van der Waals surface area contributed by atoms with Crippen LogP contribution in [0.2, 0.25) is 0 Å². The molecule has 190 valence electrons. The van der Waals surface area contributed by atoms with Crippen molar-refractivity contribution in [3.05, 3.63) is 107 Å². The smallest absolute Gasteiger partial charge is 0.138 e. The number of nitrogens with one attached hydrogen (secondary N) is 4. The van der Waals surface area contributed by atoms with Gasteiger partial charge in [-0.05, 0) is 65.8 Å². The van der Waals surface area contributed by atoms with Crippen molar-refractivity contribution in [3.63, 3.8) is 0 Å². The zero-order valence-corrected chi connectivity index (χ0v) is 21.0. The van der Waals surface area contributed by atoms with E-state index in [1.54, 1.807) is 0 Å². The van der Waals surface area contributed by atoms with E-state index in [9.17, 15) is 0 Å². The zero-order chi connectivity index (χ0) is 26.7. The summed E-state index contributed by atoms with van der Waals surface area (Å²) in [6.07, 6.45) is 1.13. The third-order valence-electron chi connectivity index (χ3n) is 7.60. The van der Waals surface area contributed by atoms with Gasteiger partial charge in [0.15, 0.2) is 0 Å². The number of nitrogens with zero attached hydrogens (tertiary/aromatic N) is 2. The van der Waals surface area contributed by atoms with Gasteiger partial charge in [-0.25, -0.2) is 9.97 Å². The van der Waals surface area contributed by atoms with Crippen LogP contribution in [0.15, 0.2) is 84.9 Å². The summed E-state index contributed by atoms with van der Waals surface area (Å²) in [5.74, 6) is 2.73. The number of hydrogen-bond acceptors (Lipinski definition) is 4. The lowest BCUT2D eigenvalue weighted by Crippen LogP contribution is -2.10. The van der Waals surface area contributed by atoms with Crippen LogP contribution in [-0.4, -0.2) is 31.6 Å². The van der Waals surface area contributed by atoms with Gasteiger partial charge in [-0.2, -0.15) is 0 Å². The van der Waals surface area contributed by atoms with Crippen LogP contribution in [0.5, 0.6) is 0 Å². The summed E-state index contributed by atoms with van der Waals surface area (Å²) in [7, 11) is 0. The van der Waals surface area contributed by atoms with Crippen molar-refractivity contribution in [3.8, 4) is 22.8 Å². The molecule has 0 spiro atoms. The first kappa shape index (κ1) is 22.9. The van der Waals surface area contributed by atoms with Crippen molar-refractivity contribution >= 4 is 33.7 Å². The van der Waals surface area contributed by atoms with Gasteiger partial charge < -0.3 is 21.4 Å². The first-order chi connectivity index (χ1) is 18.9. The molecule has 0 saturated heterocycles. The maximum Gasteiger partial charge on any atom is 0.138 e. The third kappa shape index (κ3) is 4.12. The predicted molar refractivity (Wildman–Crippen MR) is 155 cm³/mol. The number of imidazole rings is 2. The first-order valence-electron chi connectivity index (χ1n) is 12.8. The molecule has 1 aliphatic rings. The number of amidine groups is 2. The fourth-order valence-electron chi connectivity index (χ4n) is 5.34. The molecular formula is C31H26N8. The fraction of sp³-hybridized carbons (Fsp3) is 0.0968. The van der Waals surface area contributed by atoms with Crippen molar-refractivity contribution < 1.29 is 0 Å². The lowest BCUT2D eigenvalue weighted by Gasteiger charge is -2.04. The summed E-state index contributed by atoms with van der Waals surface area (Å²) in [5, 5.41) is 15.3. The Balaban J connectivity index is 1.06. The van der Waals surface area contributed by atoms with Gasteiger partial charge in [0.25, 0.3) is 0 Å². The minimum Gasteiger partial charge on any atom is -0.384 e. The van der Waals surface area contributed by atoms with E-state index >= 15 is 0 Å². The molecule has 0 radical (unpaired) electrons. The highest BCUT2D eigenvalue weighted by Gasteiger charge is 2.39. The van der Waals surface area contributed by atoms with E-state index in [4.69, 9.17) is 32.3 Å². The molecule has 8 nitrogen and oxygen atoms in total. The molecule has 0 amide bonds. The average molecular weight is 511 g/mol. The number of hydrogen-bond donors (Lipinski definition) is 6. The van der Waals surface area contributed by atoms with Crippen LogP contribution in [0, 0.1) is 10.8 Å². The van der Waals surface area contributed by atoms with Crippen LogP contribution >= 0.6 is 0 Å². The van der Waals surface area contributed by atoms with Crippen LogP contribution < -0.4 is 11.5 Å². The molecule has 6 aromatic rings. The van der Waals surface area contributed by atoms with Crippen LogP contribution in [-0.2, 0) is 0 Å². The molecule has 4 aromatic carbocycles. The molecule has 2 aromatic heterocycles. The number of nitrogens with two attached hydrogens (primary N) is 2. The molecular weight excluding hydrogens is 484 g/mol. The molecule has 0 aliphatic heterocycles. The fourth-order valence-corrected chi connectivity index (χ4v) is 5.34. The Morgan fingerprint density at radius 3 is 1.41 bits per heavy atom. The first-order valence-corrected chi connectivity index (χ1v) is 12.8. The Kier molecular flexibility index (Phi) is 5.09. The summed E-state index contributed by atoms with van der Waals surface area (Å²) >= 11 is 0. The molecule has 2 unspecified atom stereocenters. The third-order valence-corrected chi connectivity index (χ3v) is 7.60. The van der Waals surface area contributed by atoms with Gasteiger partial charge in [0.05, 0.1) is 22.1 Å². The number of aromatic amines is 2. The van der Waals surface area contributed by atoms with E-state index in [0.29, 0.717) is 23.0 Å². The van der Waals surface area contributed by atoms with E-state index in [1.165, 1.54) is 11.1 Å². The van der Waals surface area contributed by atoms with Crippen LogP contribution in [0.4, 0.5) is 0 Å². The summed E-state index contributed by atoms with van der Waals surface area (Å²) < 4.78 is 0. The Morgan fingerprint density at radius 2 is 1.03 bits per heavy atom. The quantitative estimate of drug-likeness (QED) is 0.127. The Bertz CT molecular complexity index is 1750. The summed E-state index contributed by atoms with van der Waals surface area (Å²) in [6, 6.07) is 28.4. The van der Waals surface area contributed by atoms with Gasteiger partial charge in [-0.3, -0.25) is 10.8 Å². The normalized spacial score (nSPS) is 16.5. The molecule has 2 heterocycles. The predicted octanol–water partition coefficient (Wildman–Crippen LogP) is 5.61. The minimum absolute atomic E-state index is 0.0461. The van der Waals surface area contributed by atoms with Gasteiger partial charge in [0.1, 0.15) is 23.3 Å². The Morgan fingerprint density at radius 1 is 0.615 bits per heavy atom. The molecule has 1 saturated carbocycles. The van der Waals surface area contributed by atoms with E-state index in [1.807, 2.05) is 36.4 Å². The maximum absolute atomic E-state index is 7.65. The zero-order valence-electron chi connectivity index (χ0n) is 21.0. The van der Waals surface area contributed by atoms with Crippen LogP contribution in [0.3, 0.4) is 0 Å². The summed E-state index contributed by atoms with van der Waals surface area (Å²) in [5.41, 5.74) is 20.8. The molecule has 2 atom stereocenters. The van der Waals surface area contributed by atoms with Crippen molar-refractivity contribution in [2.24, 2.45) is 11.5 Å². The van der Waals surface area contributed by atoms with Gasteiger partial charge >= 0.3 is 0 Å². The van der Waals surface area contributed by atoms with E-state index in [-0.39, 0.29) is 11.7 Å². The molecule has 1 fully saturated rings. The number of aromatic nitrogens is 4. The molecule has 8 N–H and O–H groups in total. The standard InChI is InChI=1S/C31H26N8/c32-28(33)20-9-11-24-26(13-20)38-30(36-24)18-5-1-16(2-6-18)22-15-23(22)17-3-7-19(8-4-17)31-37-25-12-10-21(29(34)35)14-27(25)39-31/h1-14,22-23H,15H2,(H3,32,33)(H3,34,35)(H,36,38)(H,37,39). The number of rotatable bonds is 6. The lowest BCUT2D eigenvalue weighted by atomic mass is 10.0. The van der Waals surface area contributed by atoms with Crippen molar-refractivity contribution in [2.75, 3.05) is 0 Å². The van der Waals surface area contributed by atoms with Crippen LogP contribution in [0.25, 0.3) is 44.8 Å². The molecule has 8 heteroatoms. The van der Waals surface area contributed by atoms with Gasteiger partial charge in [-0.1, -0.05) is 48.5 Å². The van der Waals surface area contributed by atoms with Crippen LogP contribution in [0.1, 0.15) is 40.5 Å². The van der Waals surface area contributed by atoms with Gasteiger partial charge in [-0.15, -0.1) is 0 Å². The lowest BCUT2D eigenvalue weighted by molar-refractivity contribution is 1.03. The minimum atomic E-state index is 0.0461. The molecule has 7 rings (SSSR count). The highest BCUT2D eigenvalue weighted by Crippen LogP contribution is 2.54. The van der Waals surface area contributed by atoms with E-state index < -0.39 is 0 Å². The highest BCUT2D eigenvalue weighted by molar-refractivity contribution is 5.99. The number of nitrogen functional groups attached to an aromatic ring is 2. The second-order valence-electron chi connectivity index (χ2n) is 10.2. The average Bonchev–Trinajstić information content (AvgIpc) is 3.44. The van der Waals surface area contributed by atoms with Crippen molar-refractivity contribution in [1.82, 2.24) is 19.9 Å².